The van der Waals surface area contributed by atoms with Crippen molar-refractivity contribution >= 4 is 47.8 Å². The van der Waals surface area contributed by atoms with Crippen LogP contribution >= 0.6 is 47.8 Å². The zero-order chi connectivity index (χ0) is 25.2. The Hall–Kier alpha value is -2.28. The molecule has 4 rings (SSSR count). The smallest absolute Gasteiger partial charge is 0.119 e. The predicted molar refractivity (Wildman–Crippen MR) is 157 cm³/mol. The first-order valence-electron chi connectivity index (χ1n) is 11.6. The predicted octanol–water partition coefficient (Wildman–Crippen LogP) is 9.11. The van der Waals surface area contributed by atoms with Gasteiger partial charge in [-0.1, -0.05) is 84.2 Å². The van der Waals surface area contributed by atoms with Crippen molar-refractivity contribution < 1.29 is 14.2 Å². The van der Waals surface area contributed by atoms with Gasteiger partial charge in [0.2, 0.25) is 0 Å². The number of hydrogen-bond donors (Lipinski definition) is 0. The summed E-state index contributed by atoms with van der Waals surface area (Å²) < 4.78 is 18.2. The third-order valence-corrected chi connectivity index (χ3v) is 7.50. The van der Waals surface area contributed by atoms with Crippen LogP contribution < -0.4 is 14.2 Å². The maximum atomic E-state index is 6.07. The summed E-state index contributed by atoms with van der Waals surface area (Å²) >= 11 is 10.4. The van der Waals surface area contributed by atoms with Crippen molar-refractivity contribution in [3.05, 3.63) is 124 Å². The summed E-state index contributed by atoms with van der Waals surface area (Å²) in [4.78, 5) is 0. The van der Waals surface area contributed by atoms with Crippen LogP contribution in [0, 0.1) is 0 Å². The average molecular weight is 675 g/mol. The largest absolute Gasteiger partial charge is 0.489 e. The molecule has 0 fully saturated rings. The summed E-state index contributed by atoms with van der Waals surface area (Å²) in [6, 6.07) is 30.8. The van der Waals surface area contributed by atoms with Gasteiger partial charge in [-0.3, -0.25) is 0 Å². The van der Waals surface area contributed by atoms with Crippen molar-refractivity contribution in [3.63, 3.8) is 0 Å². The van der Waals surface area contributed by atoms with Crippen LogP contribution in [0.25, 0.3) is 0 Å². The molecule has 0 atom stereocenters. The van der Waals surface area contributed by atoms with Crippen LogP contribution in [0.3, 0.4) is 0 Å². The second-order valence-corrected chi connectivity index (χ2v) is 10.0. The summed E-state index contributed by atoms with van der Waals surface area (Å²) in [7, 11) is 0. The molecule has 186 valence electrons. The minimum atomic E-state index is 0.467. The van der Waals surface area contributed by atoms with Crippen LogP contribution in [0.2, 0.25) is 0 Å². The summed E-state index contributed by atoms with van der Waals surface area (Å²) in [5.41, 5.74) is 6.87. The van der Waals surface area contributed by atoms with E-state index in [1.165, 1.54) is 16.7 Å². The highest BCUT2D eigenvalue weighted by Crippen LogP contribution is 2.21. The third-order valence-electron chi connectivity index (χ3n) is 5.56. The highest BCUT2D eigenvalue weighted by molar-refractivity contribution is 9.09. The van der Waals surface area contributed by atoms with E-state index in [0.29, 0.717) is 19.8 Å². The number of hydrogen-bond acceptors (Lipinski definition) is 3. The lowest BCUT2D eigenvalue weighted by Gasteiger charge is -2.14. The molecular weight excluding hydrogens is 648 g/mol. The molecule has 0 radical (unpaired) electrons. The zero-order valence-corrected chi connectivity index (χ0v) is 24.5. The standard InChI is InChI=1S/C30H27Br3O3/c31-16-22-1-7-28(8-2-22)34-19-25-13-26(20-35-29-9-3-23(17-32)4-10-29)15-27(14-25)21-36-30-11-5-24(18-33)6-12-30/h1-15H,16-21H2. The van der Waals surface area contributed by atoms with Crippen LogP contribution in [0.5, 0.6) is 17.2 Å². The molecule has 0 saturated carbocycles. The number of alkyl halides is 3. The second kappa shape index (κ2) is 13.9. The van der Waals surface area contributed by atoms with Gasteiger partial charge in [-0.15, -0.1) is 0 Å². The van der Waals surface area contributed by atoms with Gasteiger partial charge in [0.15, 0.2) is 0 Å². The van der Waals surface area contributed by atoms with E-state index in [0.717, 1.165) is 49.9 Å². The molecule has 0 aliphatic rings. The van der Waals surface area contributed by atoms with Gasteiger partial charge >= 0.3 is 0 Å². The fraction of sp³-hybridized carbons (Fsp3) is 0.200. The van der Waals surface area contributed by atoms with Crippen LogP contribution in [-0.4, -0.2) is 0 Å². The SMILES string of the molecule is BrCc1ccc(OCc2cc(COc3ccc(CBr)cc3)cc(COc3ccc(CBr)cc3)c2)cc1. The molecule has 0 amide bonds. The summed E-state index contributed by atoms with van der Waals surface area (Å²) in [5, 5.41) is 2.49. The summed E-state index contributed by atoms with van der Waals surface area (Å²) in [6.45, 7) is 1.40. The summed E-state index contributed by atoms with van der Waals surface area (Å²) in [6.07, 6.45) is 0. The molecule has 4 aromatic carbocycles. The molecule has 0 aromatic heterocycles. The molecule has 0 aliphatic carbocycles. The van der Waals surface area contributed by atoms with Gasteiger partial charge in [-0.25, -0.2) is 0 Å². The summed E-state index contributed by atoms with van der Waals surface area (Å²) in [5.74, 6) is 2.54. The lowest BCUT2D eigenvalue weighted by molar-refractivity contribution is 0.293. The Bertz CT molecular complexity index is 1060. The monoisotopic (exact) mass is 672 g/mol. The molecular formula is C30H27Br3O3. The number of ether oxygens (including phenoxy) is 3. The molecule has 36 heavy (non-hydrogen) atoms. The van der Waals surface area contributed by atoms with Crippen molar-refractivity contribution in [1.29, 1.82) is 0 Å². The molecule has 6 heteroatoms. The van der Waals surface area contributed by atoms with Crippen LogP contribution in [0.4, 0.5) is 0 Å². The minimum absolute atomic E-state index is 0.467. The second-order valence-electron chi connectivity index (χ2n) is 8.36. The van der Waals surface area contributed by atoms with Gasteiger partial charge < -0.3 is 14.2 Å². The van der Waals surface area contributed by atoms with Gasteiger partial charge in [-0.2, -0.15) is 0 Å². The van der Waals surface area contributed by atoms with Crippen molar-refractivity contribution in [3.8, 4) is 17.2 Å². The Morgan fingerprint density at radius 1 is 0.361 bits per heavy atom. The highest BCUT2D eigenvalue weighted by Gasteiger charge is 2.06. The van der Waals surface area contributed by atoms with Crippen molar-refractivity contribution in [2.45, 2.75) is 35.8 Å². The molecule has 0 saturated heterocycles. The van der Waals surface area contributed by atoms with Crippen molar-refractivity contribution in [1.82, 2.24) is 0 Å². The molecule has 0 unspecified atom stereocenters. The Labute approximate surface area is 238 Å². The maximum Gasteiger partial charge on any atom is 0.119 e. The van der Waals surface area contributed by atoms with E-state index in [2.05, 4.69) is 102 Å². The quantitative estimate of drug-likeness (QED) is 0.140. The van der Waals surface area contributed by atoms with Gasteiger partial charge in [-0.05, 0) is 88.0 Å². The van der Waals surface area contributed by atoms with Crippen molar-refractivity contribution in [2.24, 2.45) is 0 Å². The number of rotatable bonds is 12. The maximum absolute atomic E-state index is 6.07. The van der Waals surface area contributed by atoms with Crippen LogP contribution in [0.1, 0.15) is 33.4 Å². The third kappa shape index (κ3) is 8.12. The van der Waals surface area contributed by atoms with E-state index in [1.54, 1.807) is 0 Å². The topological polar surface area (TPSA) is 27.7 Å². The van der Waals surface area contributed by atoms with Gasteiger partial charge in [0, 0.05) is 16.0 Å². The lowest BCUT2D eigenvalue weighted by Crippen LogP contribution is -2.04. The molecule has 0 heterocycles. The molecule has 0 aliphatic heterocycles. The fourth-order valence-electron chi connectivity index (χ4n) is 3.61. The van der Waals surface area contributed by atoms with E-state index >= 15 is 0 Å². The minimum Gasteiger partial charge on any atom is -0.489 e. The zero-order valence-electron chi connectivity index (χ0n) is 19.8. The van der Waals surface area contributed by atoms with Gasteiger partial charge in [0.1, 0.15) is 37.1 Å². The van der Waals surface area contributed by atoms with E-state index in [4.69, 9.17) is 14.2 Å². The Morgan fingerprint density at radius 2 is 0.611 bits per heavy atom. The van der Waals surface area contributed by atoms with E-state index < -0.39 is 0 Å². The Balaban J connectivity index is 1.46. The molecule has 0 N–H and O–H groups in total. The van der Waals surface area contributed by atoms with Crippen molar-refractivity contribution in [2.75, 3.05) is 0 Å². The first-order chi connectivity index (χ1) is 17.6. The highest BCUT2D eigenvalue weighted by atomic mass is 79.9. The molecule has 3 nitrogen and oxygen atoms in total. The molecule has 4 aromatic rings. The molecule has 0 bridgehead atoms. The Kier molecular flexibility index (Phi) is 10.3. The fourth-order valence-corrected chi connectivity index (χ4v) is 4.74. The Morgan fingerprint density at radius 3 is 0.833 bits per heavy atom. The average Bonchev–Trinajstić information content (AvgIpc) is 2.94. The number of benzene rings is 4. The molecule has 0 spiro atoms. The van der Waals surface area contributed by atoms with E-state index in [9.17, 15) is 0 Å². The van der Waals surface area contributed by atoms with E-state index in [-0.39, 0.29) is 0 Å². The first-order valence-corrected chi connectivity index (χ1v) is 15.0. The first kappa shape index (κ1) is 26.8. The number of halogens is 3. The van der Waals surface area contributed by atoms with Crippen LogP contribution in [-0.2, 0) is 35.8 Å². The van der Waals surface area contributed by atoms with Gasteiger partial charge in [0.05, 0.1) is 0 Å². The van der Waals surface area contributed by atoms with E-state index in [1.807, 2.05) is 36.4 Å². The normalized spacial score (nSPS) is 10.8. The lowest BCUT2D eigenvalue weighted by atomic mass is 10.1. The van der Waals surface area contributed by atoms with Gasteiger partial charge in [0.25, 0.3) is 0 Å². The van der Waals surface area contributed by atoms with Crippen LogP contribution in [0.15, 0.2) is 91.0 Å².